The molecule has 2 aliphatic rings. The third-order valence-electron chi connectivity index (χ3n) is 8.57. The van der Waals surface area contributed by atoms with Gasteiger partial charge < -0.3 is 10.2 Å². The number of hydrogen-bond acceptors (Lipinski definition) is 16. The fourth-order valence-electron chi connectivity index (χ4n) is 5.33. The van der Waals surface area contributed by atoms with Gasteiger partial charge in [0.25, 0.3) is 0 Å². The van der Waals surface area contributed by atoms with Gasteiger partial charge in [-0.3, -0.25) is 29.9 Å². The molecule has 4 aromatic carbocycles. The second-order valence-corrected chi connectivity index (χ2v) is 20.2. The number of carbonyl (C=O) groups is 2. The fraction of sp³-hybridized carbons (Fsp3) is 0.111. The first kappa shape index (κ1) is 53.4. The number of phenols is 2. The Labute approximate surface area is 401 Å². The Kier molecular flexibility index (Phi) is 17.4. The van der Waals surface area contributed by atoms with Gasteiger partial charge >= 0.3 is 50.0 Å². The van der Waals surface area contributed by atoms with Crippen molar-refractivity contribution in [1.29, 1.82) is 0 Å². The van der Waals surface area contributed by atoms with E-state index in [1.807, 2.05) is 0 Å². The Morgan fingerprint density at radius 3 is 1.19 bits per heavy atom. The van der Waals surface area contributed by atoms with Gasteiger partial charge in [0, 0.05) is 56.7 Å². The van der Waals surface area contributed by atoms with E-state index >= 15 is 0 Å². The second-order valence-electron chi connectivity index (χ2n) is 13.3. The molecule has 0 radical (unpaired) electrons. The molecule has 2 aliphatic carbocycles. The van der Waals surface area contributed by atoms with Crippen LogP contribution in [0.15, 0.2) is 105 Å². The van der Waals surface area contributed by atoms with Crippen LogP contribution in [0.5, 0.6) is 11.5 Å². The zero-order chi connectivity index (χ0) is 45.9. The zero-order valence-electron chi connectivity index (χ0n) is 34.2. The Hall–Kier alpha value is -4.99. The SMILES string of the molecule is CN(C)S(=O)(=O)Nc1cccc2c1/C(=N/Nc1cc(S(N)(=O)=O)ccc1O)C(=O)C=C2.CN(C)S(=O)(=O)Nc1cccc2c1/C(=N/Nc1cc(S(N)(=O)=O)ccc1O)C(=O)C=C2.[Cr].[Na+]. The third kappa shape index (κ3) is 12.6. The summed E-state index contributed by atoms with van der Waals surface area (Å²) in [5.41, 5.74) is 6.12. The number of benzene rings is 4. The molecule has 0 heterocycles. The number of carbonyl (C=O) groups excluding carboxylic acids is 2. The molecule has 4 aromatic rings. The number of hydrazone groups is 2. The fourth-order valence-corrected chi connectivity index (χ4v) is 7.67. The predicted molar refractivity (Wildman–Crippen MR) is 233 cm³/mol. The number of allylic oxidation sites excluding steroid dienone is 2. The first-order valence-corrected chi connectivity index (χ1v) is 23.3. The normalized spacial score (nSPS) is 14.8. The van der Waals surface area contributed by atoms with E-state index in [1.54, 1.807) is 24.3 Å². The maximum atomic E-state index is 12.5. The molecule has 0 aromatic heterocycles. The molecular formula is C36H38CrN10NaO12S4+. The number of hydrogen-bond donors (Lipinski definition) is 8. The second kappa shape index (κ2) is 20.9. The van der Waals surface area contributed by atoms with Crippen molar-refractivity contribution in [2.24, 2.45) is 20.5 Å². The molecule has 0 saturated carbocycles. The number of nitrogens with two attached hydrogens (primary N) is 2. The predicted octanol–water partition coefficient (Wildman–Crippen LogP) is -1.66. The van der Waals surface area contributed by atoms with Crippen LogP contribution in [0, 0.1) is 0 Å². The van der Waals surface area contributed by atoms with Gasteiger partial charge in [-0.1, -0.05) is 36.4 Å². The topological polar surface area (TPSA) is 343 Å². The minimum Gasteiger partial charge on any atom is -0.506 e. The molecule has 334 valence electrons. The quantitative estimate of drug-likeness (QED) is 0.0448. The van der Waals surface area contributed by atoms with E-state index in [4.69, 9.17) is 10.3 Å². The van der Waals surface area contributed by atoms with Crippen molar-refractivity contribution >= 4 is 98.4 Å². The van der Waals surface area contributed by atoms with Crippen LogP contribution < -0.4 is 60.1 Å². The average Bonchev–Trinajstić information content (AvgIpc) is 3.17. The van der Waals surface area contributed by atoms with Crippen LogP contribution in [-0.2, 0) is 67.4 Å². The summed E-state index contributed by atoms with van der Waals surface area (Å²) in [6.07, 6.45) is 5.55. The molecule has 64 heavy (non-hydrogen) atoms. The molecule has 28 heteroatoms. The number of fused-ring (bicyclic) bond motifs is 2. The summed E-state index contributed by atoms with van der Waals surface area (Å²) in [6, 6.07) is 16.0. The van der Waals surface area contributed by atoms with E-state index in [2.05, 4.69) is 30.5 Å². The molecule has 22 nitrogen and oxygen atoms in total. The molecule has 0 saturated heterocycles. The monoisotopic (exact) mass is 1010 g/mol. The maximum Gasteiger partial charge on any atom is 1.00 e. The van der Waals surface area contributed by atoms with E-state index in [0.29, 0.717) is 11.1 Å². The minimum absolute atomic E-state index is 0. The number of primary sulfonamides is 2. The number of ketones is 2. The Morgan fingerprint density at radius 2 is 0.875 bits per heavy atom. The number of aromatic hydroxyl groups is 2. The molecule has 0 amide bonds. The van der Waals surface area contributed by atoms with Gasteiger partial charge in [0.1, 0.15) is 22.9 Å². The standard InChI is InChI=1S/2C18H19N5O6S2.Cr.Na/c2*1-23(2)31(28,29)22-13-5-3-4-11-6-8-16(25)18(17(11)13)21-20-14-10-12(30(19,26)27)7-9-15(14)24;;/h2*3-10,20,22,24H,1-2H3,(H2,19,26,27);;/q;;;+1/b2*21-18+;;. The van der Waals surface area contributed by atoms with Crippen molar-refractivity contribution in [3.05, 3.63) is 107 Å². The van der Waals surface area contributed by atoms with Crippen molar-refractivity contribution in [3.63, 3.8) is 0 Å². The van der Waals surface area contributed by atoms with Gasteiger partial charge in [0.2, 0.25) is 31.6 Å². The average molecular weight is 1010 g/mol. The molecule has 0 fully saturated rings. The number of rotatable bonds is 12. The summed E-state index contributed by atoms with van der Waals surface area (Å²) >= 11 is 0. The Bertz CT molecular complexity index is 2880. The number of nitrogens with one attached hydrogen (secondary N) is 4. The molecule has 0 bridgehead atoms. The maximum absolute atomic E-state index is 12.5. The van der Waals surface area contributed by atoms with Crippen molar-refractivity contribution in [1.82, 2.24) is 8.61 Å². The molecule has 0 atom stereocenters. The van der Waals surface area contributed by atoms with Gasteiger partial charge in [-0.2, -0.15) is 35.6 Å². The van der Waals surface area contributed by atoms with Crippen LogP contribution in [0.1, 0.15) is 22.3 Å². The van der Waals surface area contributed by atoms with Gasteiger partial charge in [0.05, 0.1) is 32.5 Å². The smallest absolute Gasteiger partial charge is 0.506 e. The Balaban J connectivity index is 0.000000330. The summed E-state index contributed by atoms with van der Waals surface area (Å²) < 4.78 is 102. The van der Waals surface area contributed by atoms with Crippen molar-refractivity contribution in [3.8, 4) is 11.5 Å². The van der Waals surface area contributed by atoms with Crippen molar-refractivity contribution in [2.45, 2.75) is 9.79 Å². The summed E-state index contributed by atoms with van der Waals surface area (Å²) in [5.74, 6) is -1.73. The summed E-state index contributed by atoms with van der Waals surface area (Å²) in [7, 11) is -10.4. The van der Waals surface area contributed by atoms with Crippen molar-refractivity contribution < 1.29 is 100 Å². The molecule has 0 spiro atoms. The van der Waals surface area contributed by atoms with Crippen LogP contribution in [-0.4, -0.2) is 104 Å². The third-order valence-corrected chi connectivity index (χ3v) is 13.3. The van der Waals surface area contributed by atoms with Crippen LogP contribution in [0.2, 0.25) is 0 Å². The van der Waals surface area contributed by atoms with Crippen LogP contribution >= 0.6 is 0 Å². The number of nitrogens with zero attached hydrogens (tertiary/aromatic N) is 4. The molecular weight excluding hydrogens is 968 g/mol. The van der Waals surface area contributed by atoms with E-state index < -0.39 is 52.0 Å². The molecule has 10 N–H and O–H groups in total. The van der Waals surface area contributed by atoms with E-state index in [9.17, 15) is 53.5 Å². The van der Waals surface area contributed by atoms with Gasteiger partial charge in [0.15, 0.2) is 0 Å². The molecule has 0 aliphatic heterocycles. The van der Waals surface area contributed by atoms with Gasteiger partial charge in [-0.15, -0.1) is 0 Å². The van der Waals surface area contributed by atoms with Crippen molar-refractivity contribution in [2.75, 3.05) is 48.5 Å². The van der Waals surface area contributed by atoms with Crippen LogP contribution in [0.25, 0.3) is 12.2 Å². The zero-order valence-corrected chi connectivity index (χ0v) is 40.7. The number of sulfonamides is 2. The molecule has 0 unspecified atom stereocenters. The Morgan fingerprint density at radius 1 is 0.531 bits per heavy atom. The minimum atomic E-state index is -4.04. The summed E-state index contributed by atoms with van der Waals surface area (Å²) in [4.78, 5) is 24.5. The van der Waals surface area contributed by atoms with Crippen LogP contribution in [0.4, 0.5) is 22.7 Å². The van der Waals surface area contributed by atoms with E-state index in [0.717, 1.165) is 45.0 Å². The first-order valence-electron chi connectivity index (χ1n) is 17.3. The number of anilines is 4. The summed E-state index contributed by atoms with van der Waals surface area (Å²) in [6.45, 7) is 0. The summed E-state index contributed by atoms with van der Waals surface area (Å²) in [5, 5.41) is 38.2. The van der Waals surface area contributed by atoms with E-state index in [-0.39, 0.29) is 114 Å². The largest absolute Gasteiger partial charge is 1.00 e. The van der Waals surface area contributed by atoms with E-state index in [1.165, 1.54) is 64.6 Å². The molecule has 6 rings (SSSR count). The first-order chi connectivity index (χ1) is 28.8. The van der Waals surface area contributed by atoms with Gasteiger partial charge in [-0.05, 0) is 71.8 Å². The van der Waals surface area contributed by atoms with Gasteiger partial charge in [-0.25, -0.2) is 27.1 Å². The number of phenolic OH excluding ortho intramolecular Hbond substituents is 2. The van der Waals surface area contributed by atoms with Crippen LogP contribution in [0.3, 0.4) is 0 Å².